The number of fused-ring (bicyclic) bond motifs is 1. The fourth-order valence-electron chi connectivity index (χ4n) is 5.25. The minimum atomic E-state index is 0.776. The fourth-order valence-corrected chi connectivity index (χ4v) is 5.25. The monoisotopic (exact) mass is 468 g/mol. The van der Waals surface area contributed by atoms with E-state index in [1.807, 2.05) is 0 Å². The molecule has 3 aromatic carbocycles. The molecule has 5 nitrogen and oxygen atoms in total. The highest BCUT2D eigenvalue weighted by atomic mass is 16.5. The summed E-state index contributed by atoms with van der Waals surface area (Å²) in [7, 11) is 2.16. The Labute approximate surface area is 208 Å². The molecule has 5 heteroatoms. The van der Waals surface area contributed by atoms with Gasteiger partial charge in [-0.3, -0.25) is 9.80 Å². The van der Waals surface area contributed by atoms with Crippen molar-refractivity contribution in [1.29, 1.82) is 0 Å². The maximum atomic E-state index is 5.70. The van der Waals surface area contributed by atoms with Gasteiger partial charge in [-0.25, -0.2) is 0 Å². The zero-order valence-electron chi connectivity index (χ0n) is 21.2. The molecule has 1 aliphatic heterocycles. The van der Waals surface area contributed by atoms with Crippen molar-refractivity contribution in [1.82, 2.24) is 15.0 Å². The SMILES string of the molecule is Cc1ccc(N2CCN(CCCN(C)Cc3cc(-c4cccc5ccccc45)no3)CC2)c(C)c1. The molecule has 35 heavy (non-hydrogen) atoms. The first-order valence-corrected chi connectivity index (χ1v) is 12.7. The molecule has 182 valence electrons. The molecule has 1 aliphatic rings. The standard InChI is InChI=1S/C30H36N4O/c1-23-12-13-30(24(2)20-23)34-18-16-33(17-19-34)15-7-14-32(3)22-26-21-29(31-35-26)28-11-6-9-25-8-4-5-10-27(25)28/h4-6,8-13,20-21H,7,14-19,22H2,1-3H3. The van der Waals surface area contributed by atoms with Crippen molar-refractivity contribution >= 4 is 16.5 Å². The molecule has 0 spiro atoms. The van der Waals surface area contributed by atoms with Gasteiger partial charge in [0.2, 0.25) is 0 Å². The second-order valence-corrected chi connectivity index (χ2v) is 9.92. The van der Waals surface area contributed by atoms with Gasteiger partial charge in [0.05, 0.1) is 6.54 Å². The number of piperazine rings is 1. The van der Waals surface area contributed by atoms with Gasteiger partial charge < -0.3 is 9.42 Å². The summed E-state index contributed by atoms with van der Waals surface area (Å²) in [5.41, 5.74) is 6.15. The Bertz CT molecular complexity index is 1270. The van der Waals surface area contributed by atoms with Gasteiger partial charge in [0.25, 0.3) is 0 Å². The Kier molecular flexibility index (Phi) is 7.16. The predicted octanol–water partition coefficient (Wildman–Crippen LogP) is 5.76. The van der Waals surface area contributed by atoms with E-state index in [1.54, 1.807) is 0 Å². The number of aromatic nitrogens is 1. The van der Waals surface area contributed by atoms with Crippen LogP contribution in [0.2, 0.25) is 0 Å². The third-order valence-corrected chi connectivity index (χ3v) is 7.13. The first-order valence-electron chi connectivity index (χ1n) is 12.7. The van der Waals surface area contributed by atoms with Gasteiger partial charge in [-0.05, 0) is 62.8 Å². The lowest BCUT2D eigenvalue weighted by Gasteiger charge is -2.37. The summed E-state index contributed by atoms with van der Waals surface area (Å²) in [4.78, 5) is 7.47. The summed E-state index contributed by atoms with van der Waals surface area (Å²) in [5, 5.41) is 6.80. The zero-order chi connectivity index (χ0) is 24.2. The van der Waals surface area contributed by atoms with Crippen LogP contribution in [-0.2, 0) is 6.54 Å². The number of aryl methyl sites for hydroxylation is 2. The number of hydrogen-bond donors (Lipinski definition) is 0. The van der Waals surface area contributed by atoms with E-state index in [-0.39, 0.29) is 0 Å². The van der Waals surface area contributed by atoms with Gasteiger partial charge in [-0.15, -0.1) is 0 Å². The predicted molar refractivity (Wildman–Crippen MR) is 145 cm³/mol. The van der Waals surface area contributed by atoms with Gasteiger partial charge >= 0.3 is 0 Å². The second-order valence-electron chi connectivity index (χ2n) is 9.92. The number of rotatable bonds is 8. The highest BCUT2D eigenvalue weighted by Crippen LogP contribution is 2.28. The molecule has 4 aromatic rings. The average Bonchev–Trinajstić information content (AvgIpc) is 3.32. The molecule has 0 unspecified atom stereocenters. The van der Waals surface area contributed by atoms with Crippen LogP contribution >= 0.6 is 0 Å². The second kappa shape index (κ2) is 10.6. The van der Waals surface area contributed by atoms with Crippen LogP contribution in [0.1, 0.15) is 23.3 Å². The van der Waals surface area contributed by atoms with E-state index in [9.17, 15) is 0 Å². The van der Waals surface area contributed by atoms with Crippen molar-refractivity contribution in [2.45, 2.75) is 26.8 Å². The van der Waals surface area contributed by atoms with Gasteiger partial charge in [0.15, 0.2) is 5.76 Å². The third-order valence-electron chi connectivity index (χ3n) is 7.13. The molecule has 2 heterocycles. The lowest BCUT2D eigenvalue weighted by Crippen LogP contribution is -2.47. The quantitative estimate of drug-likeness (QED) is 0.329. The van der Waals surface area contributed by atoms with E-state index in [4.69, 9.17) is 4.52 Å². The summed E-state index contributed by atoms with van der Waals surface area (Å²) < 4.78 is 5.70. The van der Waals surface area contributed by atoms with Gasteiger partial charge in [-0.2, -0.15) is 0 Å². The van der Waals surface area contributed by atoms with E-state index in [0.717, 1.165) is 69.3 Å². The van der Waals surface area contributed by atoms with Crippen molar-refractivity contribution in [3.63, 3.8) is 0 Å². The third kappa shape index (κ3) is 5.58. The van der Waals surface area contributed by atoms with Crippen LogP contribution in [0.25, 0.3) is 22.0 Å². The fraction of sp³-hybridized carbons (Fsp3) is 0.367. The van der Waals surface area contributed by atoms with E-state index < -0.39 is 0 Å². The number of hydrogen-bond acceptors (Lipinski definition) is 5. The summed E-state index contributed by atoms with van der Waals surface area (Å²) in [5.74, 6) is 0.914. The van der Waals surface area contributed by atoms with Crippen molar-refractivity contribution in [2.75, 3.05) is 51.2 Å². The average molecular weight is 469 g/mol. The van der Waals surface area contributed by atoms with Crippen molar-refractivity contribution < 1.29 is 4.52 Å². The summed E-state index contributed by atoms with van der Waals surface area (Å²) in [6.07, 6.45) is 1.16. The van der Waals surface area contributed by atoms with E-state index in [0.29, 0.717) is 0 Å². The first kappa shape index (κ1) is 23.6. The lowest BCUT2D eigenvalue weighted by molar-refractivity contribution is 0.223. The Hall–Kier alpha value is -3.15. The van der Waals surface area contributed by atoms with Crippen LogP contribution in [0.15, 0.2) is 71.3 Å². The van der Waals surface area contributed by atoms with Crippen LogP contribution in [-0.4, -0.2) is 61.3 Å². The normalized spacial score (nSPS) is 14.8. The summed E-state index contributed by atoms with van der Waals surface area (Å²) >= 11 is 0. The molecule has 0 N–H and O–H groups in total. The Morgan fingerprint density at radius 1 is 0.914 bits per heavy atom. The molecular formula is C30H36N4O. The molecule has 1 aromatic heterocycles. The molecule has 0 amide bonds. The van der Waals surface area contributed by atoms with E-state index in [1.165, 1.54) is 27.6 Å². The van der Waals surface area contributed by atoms with Crippen LogP contribution < -0.4 is 4.90 Å². The zero-order valence-corrected chi connectivity index (χ0v) is 21.2. The molecule has 0 aliphatic carbocycles. The van der Waals surface area contributed by atoms with Gasteiger partial charge in [0, 0.05) is 43.5 Å². The van der Waals surface area contributed by atoms with Crippen molar-refractivity contribution in [3.05, 3.63) is 83.6 Å². The number of benzene rings is 3. The number of nitrogens with zero attached hydrogens (tertiary/aromatic N) is 4. The molecular weight excluding hydrogens is 432 g/mol. The van der Waals surface area contributed by atoms with Gasteiger partial charge in [-0.1, -0.05) is 65.3 Å². The van der Waals surface area contributed by atoms with Crippen LogP contribution in [0.4, 0.5) is 5.69 Å². The Morgan fingerprint density at radius 2 is 1.71 bits per heavy atom. The molecule has 5 rings (SSSR count). The Balaban J connectivity index is 1.08. The maximum absolute atomic E-state index is 5.70. The number of anilines is 1. The summed E-state index contributed by atoms with van der Waals surface area (Å²) in [6.45, 7) is 11.8. The lowest BCUT2D eigenvalue weighted by atomic mass is 10.0. The smallest absolute Gasteiger partial charge is 0.151 e. The summed E-state index contributed by atoms with van der Waals surface area (Å²) in [6, 6.07) is 23.6. The minimum absolute atomic E-state index is 0.776. The van der Waals surface area contributed by atoms with Crippen molar-refractivity contribution in [2.24, 2.45) is 0 Å². The molecule has 0 saturated carbocycles. The first-order chi connectivity index (χ1) is 17.1. The molecule has 0 bridgehead atoms. The molecule has 1 fully saturated rings. The minimum Gasteiger partial charge on any atom is -0.369 e. The molecule has 0 atom stereocenters. The van der Waals surface area contributed by atoms with Crippen LogP contribution in [0.3, 0.4) is 0 Å². The molecule has 0 radical (unpaired) electrons. The maximum Gasteiger partial charge on any atom is 0.151 e. The topological polar surface area (TPSA) is 35.8 Å². The van der Waals surface area contributed by atoms with Crippen LogP contribution in [0.5, 0.6) is 0 Å². The van der Waals surface area contributed by atoms with Gasteiger partial charge in [0.1, 0.15) is 5.69 Å². The highest BCUT2D eigenvalue weighted by Gasteiger charge is 2.18. The van der Waals surface area contributed by atoms with E-state index >= 15 is 0 Å². The van der Waals surface area contributed by atoms with Crippen LogP contribution in [0, 0.1) is 13.8 Å². The Morgan fingerprint density at radius 3 is 2.54 bits per heavy atom. The largest absolute Gasteiger partial charge is 0.369 e. The molecule has 1 saturated heterocycles. The van der Waals surface area contributed by atoms with E-state index in [2.05, 4.69) is 107 Å². The van der Waals surface area contributed by atoms with Crippen molar-refractivity contribution in [3.8, 4) is 11.3 Å². The highest BCUT2D eigenvalue weighted by molar-refractivity contribution is 5.95.